The predicted molar refractivity (Wildman–Crippen MR) is 143 cm³/mol. The number of pyridine rings is 3. The van der Waals surface area contributed by atoms with Gasteiger partial charge in [-0.05, 0) is 78.2 Å². The van der Waals surface area contributed by atoms with Crippen LogP contribution in [0.2, 0.25) is 0 Å². The lowest BCUT2D eigenvalue weighted by Crippen LogP contribution is -2.03. The van der Waals surface area contributed by atoms with Crippen molar-refractivity contribution in [1.82, 2.24) is 15.0 Å². The van der Waals surface area contributed by atoms with Crippen molar-refractivity contribution in [2.45, 2.75) is 13.5 Å². The number of aromatic nitrogens is 3. The first-order valence-corrected chi connectivity index (χ1v) is 11.7. The smallest absolute Gasteiger partial charge is 0.127 e. The molecule has 3 heterocycles. The number of phenolic OH excluding ortho intramolecular Hbond substituents is 1. The quantitative estimate of drug-likeness (QED) is 0.280. The summed E-state index contributed by atoms with van der Waals surface area (Å²) in [5, 5.41) is 13.2. The first-order chi connectivity index (χ1) is 17.6. The Hall–Kier alpha value is -4.71. The van der Waals surface area contributed by atoms with Crippen LogP contribution in [-0.2, 0) is 6.54 Å². The predicted octanol–water partition coefficient (Wildman–Crippen LogP) is 6.51. The normalized spacial score (nSPS) is 10.7. The van der Waals surface area contributed by atoms with Crippen molar-refractivity contribution in [1.29, 1.82) is 0 Å². The van der Waals surface area contributed by atoms with E-state index in [2.05, 4.69) is 21.4 Å². The highest BCUT2D eigenvalue weighted by molar-refractivity contribution is 5.76. The lowest BCUT2D eigenvalue weighted by molar-refractivity contribution is 0.415. The SMILES string of the molecule is COc1cccc(-c2cncc(-c3cc(NCc4cccc(O)c4)nc(-c4cccc(C)n4)c3)c2)c1. The number of nitrogens with one attached hydrogen (secondary N) is 1. The summed E-state index contributed by atoms with van der Waals surface area (Å²) >= 11 is 0. The van der Waals surface area contributed by atoms with Crippen LogP contribution in [0.5, 0.6) is 11.5 Å². The van der Waals surface area contributed by atoms with E-state index in [0.717, 1.165) is 50.6 Å². The van der Waals surface area contributed by atoms with Gasteiger partial charge in [0.05, 0.1) is 18.5 Å². The average Bonchev–Trinajstić information content (AvgIpc) is 2.92. The molecule has 0 spiro atoms. The second-order valence-electron chi connectivity index (χ2n) is 8.51. The van der Waals surface area contributed by atoms with Crippen LogP contribution >= 0.6 is 0 Å². The third-order valence-electron chi connectivity index (χ3n) is 5.83. The highest BCUT2D eigenvalue weighted by atomic mass is 16.5. The molecule has 0 saturated carbocycles. The van der Waals surface area contributed by atoms with Crippen molar-refractivity contribution in [3.05, 3.63) is 109 Å². The molecule has 36 heavy (non-hydrogen) atoms. The summed E-state index contributed by atoms with van der Waals surface area (Å²) in [6, 6.07) is 27.2. The van der Waals surface area contributed by atoms with Crippen LogP contribution in [-0.4, -0.2) is 27.2 Å². The largest absolute Gasteiger partial charge is 0.508 e. The highest BCUT2D eigenvalue weighted by Gasteiger charge is 2.11. The number of rotatable bonds is 7. The molecule has 0 atom stereocenters. The minimum absolute atomic E-state index is 0.237. The lowest BCUT2D eigenvalue weighted by atomic mass is 10.0. The van der Waals surface area contributed by atoms with Gasteiger partial charge in [0.25, 0.3) is 0 Å². The minimum atomic E-state index is 0.237. The van der Waals surface area contributed by atoms with Gasteiger partial charge in [-0.25, -0.2) is 4.98 Å². The maximum Gasteiger partial charge on any atom is 0.127 e. The first-order valence-electron chi connectivity index (χ1n) is 11.7. The van der Waals surface area contributed by atoms with Crippen LogP contribution in [0, 0.1) is 6.92 Å². The molecule has 0 bridgehead atoms. The Morgan fingerprint density at radius 1 is 0.750 bits per heavy atom. The number of aromatic hydroxyl groups is 1. The van der Waals surface area contributed by atoms with Gasteiger partial charge in [0.15, 0.2) is 0 Å². The van der Waals surface area contributed by atoms with Crippen LogP contribution in [0.1, 0.15) is 11.3 Å². The van der Waals surface area contributed by atoms with Gasteiger partial charge in [0.1, 0.15) is 17.3 Å². The van der Waals surface area contributed by atoms with Crippen molar-refractivity contribution in [3.8, 4) is 45.1 Å². The van der Waals surface area contributed by atoms with E-state index in [-0.39, 0.29) is 5.75 Å². The zero-order valence-corrected chi connectivity index (χ0v) is 20.1. The zero-order valence-electron chi connectivity index (χ0n) is 20.1. The summed E-state index contributed by atoms with van der Waals surface area (Å²) in [5.74, 6) is 1.75. The van der Waals surface area contributed by atoms with Crippen molar-refractivity contribution in [2.75, 3.05) is 12.4 Å². The molecule has 0 fully saturated rings. The summed E-state index contributed by atoms with van der Waals surface area (Å²) in [6.07, 6.45) is 3.70. The molecule has 0 saturated heterocycles. The van der Waals surface area contributed by atoms with Gasteiger partial charge in [-0.15, -0.1) is 0 Å². The number of benzene rings is 2. The minimum Gasteiger partial charge on any atom is -0.508 e. The number of nitrogens with zero attached hydrogens (tertiary/aromatic N) is 3. The van der Waals surface area contributed by atoms with Crippen LogP contribution in [0.3, 0.4) is 0 Å². The molecule has 5 aromatic rings. The summed E-state index contributed by atoms with van der Waals surface area (Å²) in [6.45, 7) is 2.49. The fraction of sp³-hybridized carbons (Fsp3) is 0.100. The van der Waals surface area contributed by atoms with E-state index in [1.165, 1.54) is 0 Å². The van der Waals surface area contributed by atoms with Gasteiger partial charge in [-0.1, -0.05) is 30.3 Å². The Bertz CT molecular complexity index is 1520. The Morgan fingerprint density at radius 3 is 2.36 bits per heavy atom. The summed E-state index contributed by atoms with van der Waals surface area (Å²) in [7, 11) is 1.66. The van der Waals surface area contributed by atoms with Gasteiger partial charge in [0.2, 0.25) is 0 Å². The Morgan fingerprint density at radius 2 is 1.56 bits per heavy atom. The fourth-order valence-electron chi connectivity index (χ4n) is 4.02. The molecule has 6 heteroatoms. The maximum absolute atomic E-state index is 9.81. The molecule has 0 amide bonds. The summed E-state index contributed by atoms with van der Waals surface area (Å²) in [5.41, 5.74) is 7.41. The molecule has 178 valence electrons. The van der Waals surface area contributed by atoms with Crippen molar-refractivity contribution in [3.63, 3.8) is 0 Å². The highest BCUT2D eigenvalue weighted by Crippen LogP contribution is 2.31. The van der Waals surface area contributed by atoms with Crippen LogP contribution in [0.15, 0.2) is 97.3 Å². The second kappa shape index (κ2) is 10.3. The van der Waals surface area contributed by atoms with Gasteiger partial charge in [-0.3, -0.25) is 9.97 Å². The molecule has 0 unspecified atom stereocenters. The van der Waals surface area contributed by atoms with Crippen molar-refractivity contribution in [2.24, 2.45) is 0 Å². The monoisotopic (exact) mass is 474 g/mol. The molecule has 6 nitrogen and oxygen atoms in total. The topological polar surface area (TPSA) is 80.2 Å². The molecule has 0 aliphatic heterocycles. The molecular formula is C30H26N4O2. The van der Waals surface area contributed by atoms with Gasteiger partial charge in [-0.2, -0.15) is 0 Å². The van der Waals surface area contributed by atoms with Crippen LogP contribution in [0.25, 0.3) is 33.6 Å². The third-order valence-corrected chi connectivity index (χ3v) is 5.83. The number of anilines is 1. The van der Waals surface area contributed by atoms with E-state index in [4.69, 9.17) is 9.72 Å². The standard InChI is InChI=1S/C30H26N4O2/c1-20-6-3-11-28(33-20)29-15-23(16-30(34-29)32-17-21-7-4-9-26(35)12-21)25-13-24(18-31-19-25)22-8-5-10-27(14-22)36-2/h3-16,18-19,35H,17H2,1-2H3,(H,32,34). The zero-order chi connectivity index (χ0) is 24.9. The molecule has 0 radical (unpaired) electrons. The Kier molecular flexibility index (Phi) is 6.58. The first kappa shape index (κ1) is 23.1. The maximum atomic E-state index is 9.81. The van der Waals surface area contributed by atoms with Crippen LogP contribution in [0.4, 0.5) is 5.82 Å². The van der Waals surface area contributed by atoms with E-state index >= 15 is 0 Å². The number of aryl methyl sites for hydroxylation is 1. The third kappa shape index (κ3) is 5.33. The summed E-state index contributed by atoms with van der Waals surface area (Å²) < 4.78 is 5.39. The molecule has 0 aliphatic rings. The van der Waals surface area contributed by atoms with E-state index in [0.29, 0.717) is 12.4 Å². The van der Waals surface area contributed by atoms with Gasteiger partial charge >= 0.3 is 0 Å². The summed E-state index contributed by atoms with van der Waals surface area (Å²) in [4.78, 5) is 14.0. The molecule has 5 rings (SSSR count). The van der Waals surface area contributed by atoms with E-state index in [9.17, 15) is 5.11 Å². The molecule has 3 aromatic heterocycles. The van der Waals surface area contributed by atoms with E-state index in [1.807, 2.05) is 86.0 Å². The van der Waals surface area contributed by atoms with E-state index < -0.39 is 0 Å². The van der Waals surface area contributed by atoms with Gasteiger partial charge < -0.3 is 15.2 Å². The van der Waals surface area contributed by atoms with Gasteiger partial charge in [0, 0.05) is 35.8 Å². The number of phenols is 1. The van der Waals surface area contributed by atoms with Crippen molar-refractivity contribution < 1.29 is 9.84 Å². The number of ether oxygens (including phenoxy) is 1. The fourth-order valence-corrected chi connectivity index (χ4v) is 4.02. The Balaban J connectivity index is 1.54. The Labute approximate surface area is 210 Å². The second-order valence-corrected chi connectivity index (χ2v) is 8.51. The molecule has 0 aliphatic carbocycles. The average molecular weight is 475 g/mol. The molecular weight excluding hydrogens is 448 g/mol. The van der Waals surface area contributed by atoms with Crippen molar-refractivity contribution >= 4 is 5.82 Å². The van der Waals surface area contributed by atoms with E-state index in [1.54, 1.807) is 19.2 Å². The molecule has 2 N–H and O–H groups in total. The number of hydrogen-bond acceptors (Lipinski definition) is 6. The lowest BCUT2D eigenvalue weighted by Gasteiger charge is -2.12. The van der Waals surface area contributed by atoms with Crippen LogP contribution < -0.4 is 10.1 Å². The number of methoxy groups -OCH3 is 1. The number of hydrogen-bond donors (Lipinski definition) is 2. The molecule has 2 aromatic carbocycles.